The van der Waals surface area contributed by atoms with Crippen molar-refractivity contribution >= 4 is 21.8 Å². The van der Waals surface area contributed by atoms with Crippen molar-refractivity contribution in [1.82, 2.24) is 4.98 Å². The van der Waals surface area contributed by atoms with E-state index >= 15 is 0 Å². The molecule has 0 aliphatic heterocycles. The molecule has 0 aliphatic rings. The summed E-state index contributed by atoms with van der Waals surface area (Å²) in [6.45, 7) is 3.33. The number of anilines is 1. The molecule has 0 fully saturated rings. The van der Waals surface area contributed by atoms with Crippen LogP contribution in [0.2, 0.25) is 0 Å². The standard InChI is InChI=1S/C14H14N2O4S/c1-9-5-6-11(14(17)18)8-12(9)21(19,20)16-13-10(2)4-3-7-15-13/h3-8H,1-2H3,(H,15,16)(H,17,18). The van der Waals surface area contributed by atoms with Crippen LogP contribution in [-0.4, -0.2) is 24.5 Å². The van der Waals surface area contributed by atoms with Crippen molar-refractivity contribution in [2.24, 2.45) is 0 Å². The topological polar surface area (TPSA) is 96.4 Å². The quantitative estimate of drug-likeness (QED) is 0.902. The van der Waals surface area contributed by atoms with Crippen molar-refractivity contribution in [2.75, 3.05) is 4.72 Å². The summed E-state index contributed by atoms with van der Waals surface area (Å²) in [7, 11) is -3.90. The van der Waals surface area contributed by atoms with E-state index in [4.69, 9.17) is 5.11 Å². The first kappa shape index (κ1) is 15.0. The Morgan fingerprint density at radius 1 is 1.19 bits per heavy atom. The minimum atomic E-state index is -3.90. The molecule has 0 saturated carbocycles. The number of hydrogen-bond donors (Lipinski definition) is 2. The summed E-state index contributed by atoms with van der Waals surface area (Å²) in [5.74, 6) is -0.960. The van der Waals surface area contributed by atoms with E-state index in [0.29, 0.717) is 11.1 Å². The fraction of sp³-hybridized carbons (Fsp3) is 0.143. The van der Waals surface area contributed by atoms with Crippen LogP contribution in [0.25, 0.3) is 0 Å². The number of carboxylic acid groups (broad SMARTS) is 1. The summed E-state index contributed by atoms with van der Waals surface area (Å²) in [5, 5.41) is 8.97. The summed E-state index contributed by atoms with van der Waals surface area (Å²) in [4.78, 5) is 14.9. The number of nitrogens with zero attached hydrogens (tertiary/aromatic N) is 1. The molecule has 0 aliphatic carbocycles. The molecule has 0 spiro atoms. The van der Waals surface area contributed by atoms with Gasteiger partial charge in [-0.05, 0) is 43.2 Å². The third kappa shape index (κ3) is 3.19. The lowest BCUT2D eigenvalue weighted by molar-refractivity contribution is 0.0696. The maximum absolute atomic E-state index is 12.4. The van der Waals surface area contributed by atoms with E-state index in [9.17, 15) is 13.2 Å². The number of hydrogen-bond acceptors (Lipinski definition) is 4. The van der Waals surface area contributed by atoms with Crippen molar-refractivity contribution in [3.05, 3.63) is 53.2 Å². The van der Waals surface area contributed by atoms with Gasteiger partial charge in [0, 0.05) is 6.20 Å². The molecule has 21 heavy (non-hydrogen) atoms. The zero-order valence-corrected chi connectivity index (χ0v) is 12.3. The van der Waals surface area contributed by atoms with E-state index in [2.05, 4.69) is 9.71 Å². The van der Waals surface area contributed by atoms with Crippen LogP contribution in [-0.2, 0) is 10.0 Å². The van der Waals surface area contributed by atoms with Crippen LogP contribution in [0.15, 0.2) is 41.4 Å². The lowest BCUT2D eigenvalue weighted by Crippen LogP contribution is -2.16. The van der Waals surface area contributed by atoms with Crippen LogP contribution < -0.4 is 4.72 Å². The van der Waals surface area contributed by atoms with Gasteiger partial charge in [0.1, 0.15) is 5.82 Å². The third-order valence-electron chi connectivity index (χ3n) is 2.97. The van der Waals surface area contributed by atoms with Gasteiger partial charge in [-0.25, -0.2) is 18.2 Å². The lowest BCUT2D eigenvalue weighted by Gasteiger charge is -2.11. The summed E-state index contributed by atoms with van der Waals surface area (Å²) < 4.78 is 27.2. The maximum atomic E-state index is 12.4. The summed E-state index contributed by atoms with van der Waals surface area (Å²) in [6, 6.07) is 7.39. The maximum Gasteiger partial charge on any atom is 0.335 e. The summed E-state index contributed by atoms with van der Waals surface area (Å²) >= 11 is 0. The van der Waals surface area contributed by atoms with Gasteiger partial charge in [0.15, 0.2) is 0 Å². The van der Waals surface area contributed by atoms with E-state index in [-0.39, 0.29) is 16.3 Å². The number of carbonyl (C=O) groups is 1. The normalized spacial score (nSPS) is 11.1. The van der Waals surface area contributed by atoms with Gasteiger partial charge in [0.05, 0.1) is 10.5 Å². The Labute approximate surface area is 122 Å². The molecule has 1 aromatic carbocycles. The number of carboxylic acids is 1. The molecule has 0 saturated heterocycles. The van der Waals surface area contributed by atoms with Gasteiger partial charge in [-0.2, -0.15) is 0 Å². The third-order valence-corrected chi connectivity index (χ3v) is 4.45. The SMILES string of the molecule is Cc1ccc(C(=O)O)cc1S(=O)(=O)Nc1ncccc1C. The van der Waals surface area contributed by atoms with Crippen LogP contribution in [0.5, 0.6) is 0 Å². The van der Waals surface area contributed by atoms with Gasteiger partial charge in [0.2, 0.25) is 0 Å². The highest BCUT2D eigenvalue weighted by atomic mass is 32.2. The molecule has 0 amide bonds. The molecule has 6 nitrogen and oxygen atoms in total. The first-order valence-electron chi connectivity index (χ1n) is 6.09. The van der Waals surface area contributed by atoms with Crippen LogP contribution in [0, 0.1) is 13.8 Å². The molecule has 0 unspecified atom stereocenters. The van der Waals surface area contributed by atoms with Crippen molar-refractivity contribution in [3.63, 3.8) is 0 Å². The molecule has 110 valence electrons. The number of nitrogens with one attached hydrogen (secondary N) is 1. The number of benzene rings is 1. The van der Waals surface area contributed by atoms with E-state index in [1.165, 1.54) is 18.3 Å². The average molecular weight is 306 g/mol. The van der Waals surface area contributed by atoms with Crippen LogP contribution in [0.4, 0.5) is 5.82 Å². The summed E-state index contributed by atoms with van der Waals surface area (Å²) in [5.41, 5.74) is 1.05. The molecule has 7 heteroatoms. The zero-order valence-electron chi connectivity index (χ0n) is 11.5. The first-order valence-corrected chi connectivity index (χ1v) is 7.58. The van der Waals surface area contributed by atoms with Crippen molar-refractivity contribution in [2.45, 2.75) is 18.7 Å². The van der Waals surface area contributed by atoms with Gasteiger partial charge in [0.25, 0.3) is 10.0 Å². The number of rotatable bonds is 4. The number of sulfonamides is 1. The highest BCUT2D eigenvalue weighted by Crippen LogP contribution is 2.21. The van der Waals surface area contributed by atoms with E-state index in [1.54, 1.807) is 26.0 Å². The van der Waals surface area contributed by atoms with Crippen LogP contribution >= 0.6 is 0 Å². The molecular formula is C14H14N2O4S. The molecule has 2 aromatic rings. The first-order chi connectivity index (χ1) is 9.81. The molecule has 2 N–H and O–H groups in total. The van der Waals surface area contributed by atoms with Crippen LogP contribution in [0.3, 0.4) is 0 Å². The second-order valence-electron chi connectivity index (χ2n) is 4.56. The lowest BCUT2D eigenvalue weighted by atomic mass is 10.1. The number of aryl methyl sites for hydroxylation is 2. The monoisotopic (exact) mass is 306 g/mol. The Bertz CT molecular complexity index is 800. The molecule has 0 atom stereocenters. The minimum absolute atomic E-state index is 0.0764. The Hall–Kier alpha value is -2.41. The molecule has 0 bridgehead atoms. The summed E-state index contributed by atoms with van der Waals surface area (Å²) in [6.07, 6.45) is 1.48. The molecular weight excluding hydrogens is 292 g/mol. The van der Waals surface area contributed by atoms with Crippen molar-refractivity contribution in [3.8, 4) is 0 Å². The molecule has 1 heterocycles. The highest BCUT2D eigenvalue weighted by molar-refractivity contribution is 7.92. The molecule has 1 aromatic heterocycles. The van der Waals surface area contributed by atoms with Crippen LogP contribution in [0.1, 0.15) is 21.5 Å². The predicted octanol–water partition coefficient (Wildman–Crippen LogP) is 2.20. The molecule has 0 radical (unpaired) electrons. The van der Waals surface area contributed by atoms with Gasteiger partial charge < -0.3 is 5.11 Å². The van der Waals surface area contributed by atoms with E-state index in [1.807, 2.05) is 0 Å². The Kier molecular flexibility index (Phi) is 3.95. The largest absolute Gasteiger partial charge is 0.478 e. The zero-order chi connectivity index (χ0) is 15.6. The van der Waals surface area contributed by atoms with Gasteiger partial charge in [-0.1, -0.05) is 12.1 Å². The smallest absolute Gasteiger partial charge is 0.335 e. The predicted molar refractivity (Wildman–Crippen MR) is 77.9 cm³/mol. The fourth-order valence-corrected chi connectivity index (χ4v) is 3.15. The second-order valence-corrected chi connectivity index (χ2v) is 6.21. The Balaban J connectivity index is 2.47. The second kappa shape index (κ2) is 5.53. The fourth-order valence-electron chi connectivity index (χ4n) is 1.80. The average Bonchev–Trinajstić information content (AvgIpc) is 2.41. The van der Waals surface area contributed by atoms with Crippen molar-refractivity contribution in [1.29, 1.82) is 0 Å². The Morgan fingerprint density at radius 2 is 1.90 bits per heavy atom. The van der Waals surface area contributed by atoms with Gasteiger partial charge in [-0.3, -0.25) is 4.72 Å². The molecule has 2 rings (SSSR count). The van der Waals surface area contributed by atoms with Gasteiger partial charge >= 0.3 is 5.97 Å². The Morgan fingerprint density at radius 3 is 2.52 bits per heavy atom. The number of pyridine rings is 1. The number of aromatic nitrogens is 1. The minimum Gasteiger partial charge on any atom is -0.478 e. The van der Waals surface area contributed by atoms with E-state index in [0.717, 1.165) is 6.07 Å². The van der Waals surface area contributed by atoms with Crippen molar-refractivity contribution < 1.29 is 18.3 Å². The van der Waals surface area contributed by atoms with Gasteiger partial charge in [-0.15, -0.1) is 0 Å². The number of aromatic carboxylic acids is 1. The highest BCUT2D eigenvalue weighted by Gasteiger charge is 2.20. The van der Waals surface area contributed by atoms with E-state index < -0.39 is 16.0 Å².